The van der Waals surface area contributed by atoms with Gasteiger partial charge in [-0.3, -0.25) is 14.4 Å². The lowest BCUT2D eigenvalue weighted by Crippen LogP contribution is -2.49. The van der Waals surface area contributed by atoms with Crippen LogP contribution < -0.4 is 10.1 Å². The maximum atomic E-state index is 15.1. The van der Waals surface area contributed by atoms with Gasteiger partial charge in [0.15, 0.2) is 11.5 Å². The number of nitrogens with one attached hydrogen (secondary N) is 1. The molecule has 1 fully saturated rings. The van der Waals surface area contributed by atoms with Gasteiger partial charge in [-0.25, -0.2) is 0 Å². The predicted molar refractivity (Wildman–Crippen MR) is 171 cm³/mol. The van der Waals surface area contributed by atoms with Crippen LogP contribution in [0.25, 0.3) is 17.0 Å². The molecule has 0 radical (unpaired) electrons. The molecule has 0 aliphatic carbocycles. The minimum atomic E-state index is -1.44. The largest absolute Gasteiger partial charge is 0.493 e. The van der Waals surface area contributed by atoms with Gasteiger partial charge in [-0.2, -0.15) is 0 Å². The second-order valence-corrected chi connectivity index (χ2v) is 11.8. The van der Waals surface area contributed by atoms with Crippen LogP contribution in [0.3, 0.4) is 0 Å². The number of amides is 1. The number of nitrogens with zero attached hydrogens (tertiary/aromatic N) is 1. The highest BCUT2D eigenvalue weighted by Crippen LogP contribution is 2.62. The van der Waals surface area contributed by atoms with Gasteiger partial charge in [0.25, 0.3) is 0 Å². The van der Waals surface area contributed by atoms with E-state index in [9.17, 15) is 4.79 Å². The van der Waals surface area contributed by atoms with E-state index in [2.05, 4.69) is 5.32 Å². The Morgan fingerprint density at radius 3 is 2.53 bits per heavy atom. The molecule has 0 saturated carbocycles. The highest BCUT2D eigenvalue weighted by Gasteiger charge is 2.71. The van der Waals surface area contributed by atoms with Gasteiger partial charge < -0.3 is 19.4 Å². The van der Waals surface area contributed by atoms with Crippen molar-refractivity contribution in [2.45, 2.75) is 30.8 Å². The summed E-state index contributed by atoms with van der Waals surface area (Å²) in [5.74, 6) is -1.57. The van der Waals surface area contributed by atoms with Crippen LogP contribution in [0.5, 0.6) is 5.75 Å². The molecule has 8 rings (SSSR count). The monoisotopic (exact) mass is 594 g/mol. The fraction of sp³-hybridized carbons (Fsp3) is 0.184. The lowest BCUT2D eigenvalue weighted by atomic mass is 9.63. The summed E-state index contributed by atoms with van der Waals surface area (Å²) in [5, 5.41) is 3.86. The molecule has 4 heterocycles. The van der Waals surface area contributed by atoms with E-state index < -0.39 is 29.2 Å². The summed E-state index contributed by atoms with van der Waals surface area (Å²) in [6.07, 6.45) is 4.59. The van der Waals surface area contributed by atoms with Crippen molar-refractivity contribution < 1.29 is 23.5 Å². The summed E-state index contributed by atoms with van der Waals surface area (Å²) in [5.41, 5.74) is 2.63. The Labute approximate surface area is 260 Å². The summed E-state index contributed by atoms with van der Waals surface area (Å²) in [6.45, 7) is 2.44. The zero-order valence-corrected chi connectivity index (χ0v) is 24.6. The first-order valence-corrected chi connectivity index (χ1v) is 15.3. The van der Waals surface area contributed by atoms with E-state index in [4.69, 9.17) is 9.15 Å². The molecule has 7 nitrogen and oxygen atoms in total. The van der Waals surface area contributed by atoms with E-state index in [1.54, 1.807) is 30.3 Å². The van der Waals surface area contributed by atoms with Gasteiger partial charge in [0, 0.05) is 17.3 Å². The molecule has 0 bridgehead atoms. The average Bonchev–Trinajstić information content (AvgIpc) is 3.74. The Bertz CT molecular complexity index is 2010. The number of anilines is 1. The topological polar surface area (TPSA) is 88.9 Å². The van der Waals surface area contributed by atoms with Crippen molar-refractivity contribution in [2.24, 2.45) is 5.92 Å². The zero-order valence-electron chi connectivity index (χ0n) is 24.6. The van der Waals surface area contributed by atoms with E-state index in [0.717, 1.165) is 22.9 Å². The Kier molecular flexibility index (Phi) is 6.24. The number of benzene rings is 4. The first-order valence-electron chi connectivity index (χ1n) is 15.3. The molecule has 1 spiro atoms. The molecule has 5 aromatic rings. The number of rotatable bonds is 7. The van der Waals surface area contributed by atoms with Gasteiger partial charge in [0.1, 0.15) is 22.8 Å². The highest BCUT2D eigenvalue weighted by atomic mass is 16.5. The summed E-state index contributed by atoms with van der Waals surface area (Å²) in [7, 11) is 0. The van der Waals surface area contributed by atoms with Crippen LogP contribution in [0.1, 0.15) is 57.0 Å². The van der Waals surface area contributed by atoms with Crippen LogP contribution in [0, 0.1) is 5.92 Å². The summed E-state index contributed by atoms with van der Waals surface area (Å²) in [6, 6.07) is 29.9. The second-order valence-electron chi connectivity index (χ2n) is 11.8. The number of Topliss-reactive ketones (excluding diaryl/α,β-unsaturated/α-hetero) is 2. The molecule has 4 atom stereocenters. The summed E-state index contributed by atoms with van der Waals surface area (Å²) >= 11 is 0. The van der Waals surface area contributed by atoms with E-state index in [-0.39, 0.29) is 17.5 Å². The molecule has 3 aliphatic rings. The first-order chi connectivity index (χ1) is 22.0. The van der Waals surface area contributed by atoms with E-state index in [0.29, 0.717) is 34.8 Å². The van der Waals surface area contributed by atoms with E-state index in [1.165, 1.54) is 0 Å². The second kappa shape index (κ2) is 10.3. The van der Waals surface area contributed by atoms with Gasteiger partial charge in [-0.15, -0.1) is 0 Å². The van der Waals surface area contributed by atoms with Crippen molar-refractivity contribution in [2.75, 3.05) is 11.9 Å². The average molecular weight is 595 g/mol. The van der Waals surface area contributed by atoms with Crippen molar-refractivity contribution in [1.29, 1.82) is 0 Å². The van der Waals surface area contributed by atoms with Crippen molar-refractivity contribution in [3.63, 3.8) is 0 Å². The fourth-order valence-electron chi connectivity index (χ4n) is 7.59. The lowest BCUT2D eigenvalue weighted by molar-refractivity contribution is -0.122. The molecule has 1 amide bonds. The molecule has 1 aromatic heterocycles. The normalized spacial score (nSPS) is 22.6. The summed E-state index contributed by atoms with van der Waals surface area (Å²) < 4.78 is 12.2. The number of fused-ring (bicyclic) bond motifs is 7. The van der Waals surface area contributed by atoms with Gasteiger partial charge in [-0.05, 0) is 59.5 Å². The number of para-hydroxylation sites is 3. The number of furan rings is 1. The van der Waals surface area contributed by atoms with Crippen molar-refractivity contribution in [3.05, 3.63) is 137 Å². The SMILES string of the molecule is CCCOc1ccccc1C(=O)[C@@H]1[C@H](C(=O)c2cc3ccccc3o2)[C@]2(C(=O)Nc3ccccc32)[C@H]2c3ccccc3C=CN12. The Balaban J connectivity index is 1.41. The molecule has 45 heavy (non-hydrogen) atoms. The van der Waals surface area contributed by atoms with Gasteiger partial charge in [0.05, 0.1) is 24.1 Å². The smallest absolute Gasteiger partial charge is 0.238 e. The van der Waals surface area contributed by atoms with Crippen molar-refractivity contribution >= 4 is 40.2 Å². The number of ether oxygens (including phenoxy) is 1. The standard InChI is InChI=1S/C38H30N2O5/c1-2-21-44-30-18-10-6-14-26(30)34(41)33-32(35(42)31-22-24-12-4-9-17-29(24)45-31)38(27-15-7-8-16-28(27)39-37(38)43)36-25-13-5-3-11-23(25)19-20-40(33)36/h3-20,22,32-33,36H,2,21H2,1H3,(H,39,43)/t32-,33+,36-,38+/m1/s1. The van der Waals surface area contributed by atoms with E-state index in [1.807, 2.05) is 96.9 Å². The Morgan fingerprint density at radius 2 is 1.67 bits per heavy atom. The Hall–Kier alpha value is -5.43. The van der Waals surface area contributed by atoms with Crippen molar-refractivity contribution in [3.8, 4) is 5.75 Å². The number of hydrogen-bond acceptors (Lipinski definition) is 6. The van der Waals surface area contributed by atoms with Crippen molar-refractivity contribution in [1.82, 2.24) is 4.90 Å². The van der Waals surface area contributed by atoms with Gasteiger partial charge >= 0.3 is 0 Å². The molecular weight excluding hydrogens is 564 g/mol. The van der Waals surface area contributed by atoms with Crippen LogP contribution >= 0.6 is 0 Å². The third-order valence-corrected chi connectivity index (χ3v) is 9.40. The molecular formula is C38H30N2O5. The van der Waals surface area contributed by atoms with Crippen LogP contribution in [0.2, 0.25) is 0 Å². The number of ketones is 2. The molecule has 0 unspecified atom stereocenters. The van der Waals surface area contributed by atoms with Gasteiger partial charge in [-0.1, -0.05) is 79.7 Å². The minimum absolute atomic E-state index is 0.114. The summed E-state index contributed by atoms with van der Waals surface area (Å²) in [4.78, 5) is 46.7. The lowest BCUT2D eigenvalue weighted by Gasteiger charge is -2.38. The van der Waals surface area contributed by atoms with Crippen LogP contribution in [-0.4, -0.2) is 35.0 Å². The molecule has 3 aliphatic heterocycles. The molecule has 7 heteroatoms. The molecule has 1 N–H and O–H groups in total. The quantitative estimate of drug-likeness (QED) is 0.201. The number of carbonyl (C=O) groups is 3. The molecule has 1 saturated heterocycles. The third-order valence-electron chi connectivity index (χ3n) is 9.40. The maximum absolute atomic E-state index is 15.1. The molecule has 4 aromatic carbocycles. The molecule has 222 valence electrons. The van der Waals surface area contributed by atoms with Crippen LogP contribution in [0.4, 0.5) is 5.69 Å². The third kappa shape index (κ3) is 3.86. The van der Waals surface area contributed by atoms with E-state index >= 15 is 9.59 Å². The number of hydrogen-bond donors (Lipinski definition) is 1. The Morgan fingerprint density at radius 1 is 0.911 bits per heavy atom. The van der Waals surface area contributed by atoms with Gasteiger partial charge in [0.2, 0.25) is 11.7 Å². The van der Waals surface area contributed by atoms with Crippen LogP contribution in [0.15, 0.2) is 114 Å². The predicted octanol–water partition coefficient (Wildman–Crippen LogP) is 7.20. The van der Waals surface area contributed by atoms with Crippen LogP contribution in [-0.2, 0) is 10.2 Å². The highest BCUT2D eigenvalue weighted by molar-refractivity contribution is 6.17. The fourth-order valence-corrected chi connectivity index (χ4v) is 7.59. The minimum Gasteiger partial charge on any atom is -0.493 e. The maximum Gasteiger partial charge on any atom is 0.238 e. The number of carbonyl (C=O) groups excluding carboxylic acids is 3. The first kappa shape index (κ1) is 27.1. The zero-order chi connectivity index (χ0) is 30.7.